The molecule has 1 aliphatic rings. The van der Waals surface area contributed by atoms with Crippen molar-refractivity contribution < 1.29 is 19.0 Å². The van der Waals surface area contributed by atoms with Gasteiger partial charge in [0, 0.05) is 12.0 Å². The molecule has 0 spiro atoms. The first-order valence-corrected chi connectivity index (χ1v) is 8.69. The zero-order valence-electron chi connectivity index (χ0n) is 15.7. The Morgan fingerprint density at radius 2 is 1.77 bits per heavy atom. The molecular formula is C21H25NO4. The Morgan fingerprint density at radius 1 is 1.12 bits per heavy atom. The molecule has 0 unspecified atom stereocenters. The van der Waals surface area contributed by atoms with Crippen LogP contribution in [0.2, 0.25) is 0 Å². The van der Waals surface area contributed by atoms with E-state index in [0.717, 1.165) is 28.4 Å². The number of fused-ring (bicyclic) bond motifs is 1. The summed E-state index contributed by atoms with van der Waals surface area (Å²) < 4.78 is 16.5. The maximum absolute atomic E-state index is 12.6. The molecule has 1 heterocycles. The van der Waals surface area contributed by atoms with E-state index in [-0.39, 0.29) is 17.6 Å². The van der Waals surface area contributed by atoms with Gasteiger partial charge in [0.15, 0.2) is 0 Å². The number of nitrogens with one attached hydrogen (secondary N) is 1. The third-order valence-corrected chi connectivity index (χ3v) is 4.53. The van der Waals surface area contributed by atoms with Gasteiger partial charge < -0.3 is 19.5 Å². The summed E-state index contributed by atoms with van der Waals surface area (Å²) in [4.78, 5) is 12.6. The summed E-state index contributed by atoms with van der Waals surface area (Å²) in [6.45, 7) is 4.06. The standard InChI is InChI=1S/C21H25NO4/c1-21(2)13-18(17-12-16(25-4)9-10-19(17)26-21)22-20(23)11-14-5-7-15(24-3)8-6-14/h5-10,12,18H,11,13H2,1-4H3,(H,22,23)/t18-/m0/s1. The SMILES string of the molecule is COc1ccc(CC(=O)N[C@H]2CC(C)(C)Oc3ccc(OC)cc32)cc1. The molecular weight excluding hydrogens is 330 g/mol. The first kappa shape index (κ1) is 18.1. The van der Waals surface area contributed by atoms with Crippen LogP contribution in [0.25, 0.3) is 0 Å². The molecule has 0 fully saturated rings. The lowest BCUT2D eigenvalue weighted by Gasteiger charge is -2.38. The summed E-state index contributed by atoms with van der Waals surface area (Å²) in [6.07, 6.45) is 1.02. The van der Waals surface area contributed by atoms with Crippen LogP contribution in [0.3, 0.4) is 0 Å². The molecule has 0 saturated carbocycles. The van der Waals surface area contributed by atoms with Crippen LogP contribution in [0.15, 0.2) is 42.5 Å². The molecule has 3 rings (SSSR count). The highest BCUT2D eigenvalue weighted by molar-refractivity contribution is 5.79. The van der Waals surface area contributed by atoms with Crippen LogP contribution < -0.4 is 19.5 Å². The Labute approximate surface area is 154 Å². The minimum absolute atomic E-state index is 0.0216. The van der Waals surface area contributed by atoms with Crippen molar-refractivity contribution in [3.8, 4) is 17.2 Å². The maximum atomic E-state index is 12.6. The molecule has 0 radical (unpaired) electrons. The van der Waals surface area contributed by atoms with E-state index in [2.05, 4.69) is 5.32 Å². The lowest BCUT2D eigenvalue weighted by Crippen LogP contribution is -2.41. The van der Waals surface area contributed by atoms with Gasteiger partial charge in [-0.15, -0.1) is 0 Å². The normalized spacial score (nSPS) is 17.6. The second-order valence-corrected chi connectivity index (χ2v) is 7.11. The number of rotatable bonds is 5. The molecule has 138 valence electrons. The van der Waals surface area contributed by atoms with Crippen LogP contribution in [0.4, 0.5) is 0 Å². The molecule has 1 amide bonds. The van der Waals surface area contributed by atoms with Crippen molar-refractivity contribution in [1.29, 1.82) is 0 Å². The Bertz CT molecular complexity index is 783. The number of benzene rings is 2. The number of methoxy groups -OCH3 is 2. The fourth-order valence-corrected chi connectivity index (χ4v) is 3.26. The van der Waals surface area contributed by atoms with Gasteiger partial charge >= 0.3 is 0 Å². The van der Waals surface area contributed by atoms with Crippen molar-refractivity contribution in [2.45, 2.75) is 38.3 Å². The van der Waals surface area contributed by atoms with Gasteiger partial charge in [0.05, 0.1) is 26.7 Å². The molecule has 0 saturated heterocycles. The minimum Gasteiger partial charge on any atom is -0.497 e. The van der Waals surface area contributed by atoms with E-state index in [1.807, 2.05) is 56.3 Å². The predicted molar refractivity (Wildman–Crippen MR) is 99.9 cm³/mol. The Morgan fingerprint density at radius 3 is 2.42 bits per heavy atom. The smallest absolute Gasteiger partial charge is 0.224 e. The zero-order chi connectivity index (χ0) is 18.7. The van der Waals surface area contributed by atoms with E-state index in [0.29, 0.717) is 12.8 Å². The quantitative estimate of drug-likeness (QED) is 0.889. The summed E-state index contributed by atoms with van der Waals surface area (Å²) in [6, 6.07) is 13.1. The average molecular weight is 355 g/mol. The Hall–Kier alpha value is -2.69. The van der Waals surface area contributed by atoms with Crippen molar-refractivity contribution in [3.05, 3.63) is 53.6 Å². The second-order valence-electron chi connectivity index (χ2n) is 7.11. The average Bonchev–Trinajstić information content (AvgIpc) is 2.61. The molecule has 5 heteroatoms. The van der Waals surface area contributed by atoms with E-state index in [1.165, 1.54) is 0 Å². The van der Waals surface area contributed by atoms with Gasteiger partial charge in [-0.1, -0.05) is 12.1 Å². The Balaban J connectivity index is 1.76. The summed E-state index contributed by atoms with van der Waals surface area (Å²) in [5.41, 5.74) is 1.55. The van der Waals surface area contributed by atoms with Gasteiger partial charge in [0.1, 0.15) is 22.8 Å². The van der Waals surface area contributed by atoms with Crippen LogP contribution in [0.1, 0.15) is 37.4 Å². The maximum Gasteiger partial charge on any atom is 0.224 e. The number of amides is 1. The number of ether oxygens (including phenoxy) is 3. The van der Waals surface area contributed by atoms with Crippen molar-refractivity contribution in [2.24, 2.45) is 0 Å². The van der Waals surface area contributed by atoms with E-state index >= 15 is 0 Å². The third kappa shape index (κ3) is 4.10. The molecule has 0 bridgehead atoms. The second kappa shape index (κ2) is 7.28. The summed E-state index contributed by atoms with van der Waals surface area (Å²) in [5, 5.41) is 3.15. The predicted octanol–water partition coefficient (Wildman–Crippen LogP) is 3.66. The van der Waals surface area contributed by atoms with Crippen molar-refractivity contribution >= 4 is 5.91 Å². The third-order valence-electron chi connectivity index (χ3n) is 4.53. The molecule has 0 aromatic heterocycles. The van der Waals surface area contributed by atoms with Gasteiger partial charge in [-0.25, -0.2) is 0 Å². The van der Waals surface area contributed by atoms with Gasteiger partial charge in [0.25, 0.3) is 0 Å². The fraction of sp³-hybridized carbons (Fsp3) is 0.381. The monoisotopic (exact) mass is 355 g/mol. The molecule has 26 heavy (non-hydrogen) atoms. The molecule has 0 aliphatic carbocycles. The number of hydrogen-bond donors (Lipinski definition) is 1. The minimum atomic E-state index is -0.348. The first-order valence-electron chi connectivity index (χ1n) is 8.69. The highest BCUT2D eigenvalue weighted by Gasteiger charge is 2.34. The molecule has 2 aromatic carbocycles. The van der Waals surface area contributed by atoms with Crippen LogP contribution >= 0.6 is 0 Å². The highest BCUT2D eigenvalue weighted by atomic mass is 16.5. The van der Waals surface area contributed by atoms with Gasteiger partial charge in [-0.05, 0) is 49.7 Å². The summed E-state index contributed by atoms with van der Waals surface area (Å²) in [5.74, 6) is 2.30. The van der Waals surface area contributed by atoms with Crippen LogP contribution in [0, 0.1) is 0 Å². The largest absolute Gasteiger partial charge is 0.497 e. The van der Waals surface area contributed by atoms with Crippen molar-refractivity contribution in [1.82, 2.24) is 5.32 Å². The first-order chi connectivity index (χ1) is 12.4. The Kier molecular flexibility index (Phi) is 5.07. The van der Waals surface area contributed by atoms with Gasteiger partial charge in [0.2, 0.25) is 5.91 Å². The number of hydrogen-bond acceptors (Lipinski definition) is 4. The highest BCUT2D eigenvalue weighted by Crippen LogP contribution is 2.41. The molecule has 5 nitrogen and oxygen atoms in total. The van der Waals surface area contributed by atoms with Gasteiger partial charge in [-0.2, -0.15) is 0 Å². The summed E-state index contributed by atoms with van der Waals surface area (Å²) >= 11 is 0. The fourth-order valence-electron chi connectivity index (χ4n) is 3.26. The van der Waals surface area contributed by atoms with E-state index in [9.17, 15) is 4.79 Å². The lowest BCUT2D eigenvalue weighted by atomic mass is 9.89. The molecule has 1 atom stereocenters. The van der Waals surface area contributed by atoms with Crippen LogP contribution in [-0.2, 0) is 11.2 Å². The van der Waals surface area contributed by atoms with Crippen LogP contribution in [-0.4, -0.2) is 25.7 Å². The van der Waals surface area contributed by atoms with Gasteiger partial charge in [-0.3, -0.25) is 4.79 Å². The van der Waals surface area contributed by atoms with E-state index in [1.54, 1.807) is 14.2 Å². The topological polar surface area (TPSA) is 56.8 Å². The zero-order valence-corrected chi connectivity index (χ0v) is 15.7. The van der Waals surface area contributed by atoms with Crippen LogP contribution in [0.5, 0.6) is 17.2 Å². The number of carbonyl (C=O) groups excluding carboxylic acids is 1. The molecule has 1 N–H and O–H groups in total. The van der Waals surface area contributed by atoms with E-state index in [4.69, 9.17) is 14.2 Å². The summed E-state index contributed by atoms with van der Waals surface area (Å²) in [7, 11) is 3.26. The lowest BCUT2D eigenvalue weighted by molar-refractivity contribution is -0.121. The van der Waals surface area contributed by atoms with E-state index < -0.39 is 0 Å². The van der Waals surface area contributed by atoms with Crippen molar-refractivity contribution in [2.75, 3.05) is 14.2 Å². The molecule has 1 aliphatic heterocycles. The molecule has 2 aromatic rings. The van der Waals surface area contributed by atoms with Crippen molar-refractivity contribution in [3.63, 3.8) is 0 Å². The number of carbonyl (C=O) groups is 1.